The third-order valence-corrected chi connectivity index (χ3v) is 6.10. The minimum absolute atomic E-state index is 0.315. The summed E-state index contributed by atoms with van der Waals surface area (Å²) in [6.07, 6.45) is 0.913. The van der Waals surface area contributed by atoms with Crippen LogP contribution in [0.15, 0.2) is 131 Å². The van der Waals surface area contributed by atoms with E-state index in [2.05, 4.69) is 91.0 Å². The highest BCUT2D eigenvalue weighted by atomic mass is 14.7. The van der Waals surface area contributed by atoms with Gasteiger partial charge in [0.2, 0.25) is 0 Å². The van der Waals surface area contributed by atoms with Crippen molar-refractivity contribution in [3.8, 4) is 0 Å². The van der Waals surface area contributed by atoms with Crippen LogP contribution >= 0.6 is 0 Å². The first-order valence-electron chi connectivity index (χ1n) is 12.5. The van der Waals surface area contributed by atoms with Crippen molar-refractivity contribution < 1.29 is 0 Å². The van der Waals surface area contributed by atoms with Crippen molar-refractivity contribution in [1.29, 1.82) is 0 Å². The summed E-state index contributed by atoms with van der Waals surface area (Å²) in [6, 6.07) is 39.1. The lowest BCUT2D eigenvalue weighted by Gasteiger charge is -2.17. The van der Waals surface area contributed by atoms with E-state index in [9.17, 15) is 0 Å². The Labute approximate surface area is 215 Å². The van der Waals surface area contributed by atoms with Crippen LogP contribution in [-0.2, 0) is 6.42 Å². The van der Waals surface area contributed by atoms with Crippen LogP contribution in [0.2, 0.25) is 0 Å². The molecule has 0 saturated heterocycles. The fourth-order valence-corrected chi connectivity index (χ4v) is 4.28. The molecule has 178 valence electrons. The van der Waals surface area contributed by atoms with Crippen molar-refractivity contribution in [2.75, 3.05) is 0 Å². The lowest BCUT2D eigenvalue weighted by molar-refractivity contribution is 0.590. The van der Waals surface area contributed by atoms with Crippen LogP contribution in [0.1, 0.15) is 37.5 Å². The molecule has 0 saturated carbocycles. The van der Waals surface area contributed by atoms with Crippen LogP contribution < -0.4 is 0 Å². The highest BCUT2D eigenvalue weighted by Gasteiger charge is 2.15. The van der Waals surface area contributed by atoms with Crippen LogP contribution in [0.25, 0.3) is 5.57 Å². The molecule has 1 unspecified atom stereocenters. The first-order chi connectivity index (χ1) is 17.6. The van der Waals surface area contributed by atoms with Crippen LogP contribution in [0, 0.1) is 11.8 Å². The molecule has 0 aromatic heterocycles. The summed E-state index contributed by atoms with van der Waals surface area (Å²) in [5.41, 5.74) is 7.52. The molecule has 4 rings (SSSR count). The van der Waals surface area contributed by atoms with Crippen LogP contribution in [0.5, 0.6) is 0 Å². The summed E-state index contributed by atoms with van der Waals surface area (Å²) in [6.45, 7) is 6.69. The number of hydrogen-bond donors (Lipinski definition) is 0. The number of rotatable bonds is 8. The van der Waals surface area contributed by atoms with Crippen LogP contribution in [-0.4, -0.2) is 11.7 Å². The maximum absolute atomic E-state index is 4.64. The Morgan fingerprint density at radius 1 is 0.611 bits per heavy atom. The predicted octanol–water partition coefficient (Wildman–Crippen LogP) is 8.88. The van der Waals surface area contributed by atoms with Gasteiger partial charge in [0, 0.05) is 0 Å². The fourth-order valence-electron chi connectivity index (χ4n) is 4.28. The number of hydrogen-bond acceptors (Lipinski definition) is 2. The van der Waals surface area contributed by atoms with Crippen LogP contribution in [0.3, 0.4) is 0 Å². The minimum Gasteiger partial charge on any atom is -0.206 e. The normalized spacial score (nSPS) is 11.2. The van der Waals surface area contributed by atoms with Gasteiger partial charge in [-0.15, -0.1) is 0 Å². The molecule has 36 heavy (non-hydrogen) atoms. The Bertz CT molecular complexity index is 1390. The second-order valence-electron chi connectivity index (χ2n) is 9.27. The quantitative estimate of drug-likeness (QED) is 0.231. The van der Waals surface area contributed by atoms with Gasteiger partial charge in [-0.1, -0.05) is 112 Å². The number of para-hydroxylation sites is 2. The second-order valence-corrected chi connectivity index (χ2v) is 9.27. The standard InChI is InChI=1S/C34H32N2/c1-26(2)33(24-35-31-18-9-5-10-19-31)27(3)22-28-14-13-17-30(23-28)34(29-15-7-4-8-16-29)25-36-32-20-11-6-12-21-32/h4-21,23,26-27H,22H2,1-3H3. The average Bonchev–Trinajstić information content (AvgIpc) is 2.91. The summed E-state index contributed by atoms with van der Waals surface area (Å²) < 4.78 is 0. The van der Waals surface area contributed by atoms with Gasteiger partial charge in [-0.25, -0.2) is 9.98 Å². The molecule has 1 atom stereocenters. The third-order valence-electron chi connectivity index (χ3n) is 6.10. The average molecular weight is 469 g/mol. The maximum Gasteiger partial charge on any atom is 0.0729 e. The van der Waals surface area contributed by atoms with Gasteiger partial charge in [0.05, 0.1) is 16.9 Å². The van der Waals surface area contributed by atoms with E-state index < -0.39 is 0 Å². The van der Waals surface area contributed by atoms with E-state index in [1.807, 2.05) is 66.7 Å². The molecule has 0 amide bonds. The zero-order valence-electron chi connectivity index (χ0n) is 21.2. The molecule has 2 heteroatoms. The Kier molecular flexibility index (Phi) is 8.62. The number of aliphatic imine (C=N–C) groups is 2. The van der Waals surface area contributed by atoms with Gasteiger partial charge >= 0.3 is 0 Å². The van der Waals surface area contributed by atoms with Gasteiger partial charge in [-0.3, -0.25) is 0 Å². The summed E-state index contributed by atoms with van der Waals surface area (Å²) >= 11 is 0. The summed E-state index contributed by atoms with van der Waals surface area (Å²) in [5, 5.41) is 0. The maximum atomic E-state index is 4.64. The van der Waals surface area contributed by atoms with E-state index in [0.29, 0.717) is 11.8 Å². The second kappa shape index (κ2) is 12.5. The lowest BCUT2D eigenvalue weighted by atomic mass is 9.87. The molecule has 0 N–H and O–H groups in total. The Morgan fingerprint density at radius 3 is 1.72 bits per heavy atom. The molecule has 0 fully saturated rings. The van der Waals surface area contributed by atoms with Crippen molar-refractivity contribution in [1.82, 2.24) is 0 Å². The highest BCUT2D eigenvalue weighted by molar-refractivity contribution is 5.99. The minimum atomic E-state index is 0.315. The summed E-state index contributed by atoms with van der Waals surface area (Å²) in [5.74, 6) is 7.39. The largest absolute Gasteiger partial charge is 0.206 e. The summed E-state index contributed by atoms with van der Waals surface area (Å²) in [4.78, 5) is 9.26. The van der Waals surface area contributed by atoms with Crippen molar-refractivity contribution in [2.45, 2.75) is 27.2 Å². The highest BCUT2D eigenvalue weighted by Crippen LogP contribution is 2.26. The molecule has 4 aromatic carbocycles. The number of benzene rings is 4. The van der Waals surface area contributed by atoms with Crippen molar-refractivity contribution >= 4 is 28.7 Å². The molecule has 0 spiro atoms. The van der Waals surface area contributed by atoms with Gasteiger partial charge in [-0.2, -0.15) is 0 Å². The topological polar surface area (TPSA) is 24.7 Å². The van der Waals surface area contributed by atoms with E-state index >= 15 is 0 Å². The Morgan fingerprint density at radius 2 is 1.14 bits per heavy atom. The van der Waals surface area contributed by atoms with E-state index in [1.54, 1.807) is 0 Å². The monoisotopic (exact) mass is 468 g/mol. The van der Waals surface area contributed by atoms with Gasteiger partial charge in [0.15, 0.2) is 0 Å². The first-order valence-corrected chi connectivity index (χ1v) is 12.5. The van der Waals surface area contributed by atoms with Crippen LogP contribution in [0.4, 0.5) is 11.4 Å². The smallest absolute Gasteiger partial charge is 0.0729 e. The molecular weight excluding hydrogens is 436 g/mol. The van der Waals surface area contributed by atoms with Gasteiger partial charge in [-0.05, 0) is 76.5 Å². The van der Waals surface area contributed by atoms with E-state index in [-0.39, 0.29) is 0 Å². The number of nitrogens with zero attached hydrogens (tertiary/aromatic N) is 2. The SMILES string of the molecule is CC(C)C(=C=Nc1ccccc1)C(C)Cc1cccc(C(=C=Nc2ccccc2)c2ccccc2)c1. The molecule has 0 aliphatic carbocycles. The lowest BCUT2D eigenvalue weighted by Crippen LogP contribution is -2.10. The van der Waals surface area contributed by atoms with Gasteiger partial charge in [0.1, 0.15) is 0 Å². The van der Waals surface area contributed by atoms with Gasteiger partial charge < -0.3 is 0 Å². The Balaban J connectivity index is 1.66. The van der Waals surface area contributed by atoms with Crippen molar-refractivity contribution in [3.63, 3.8) is 0 Å². The summed E-state index contributed by atoms with van der Waals surface area (Å²) in [7, 11) is 0. The number of allylic oxidation sites excluding steroid dienone is 1. The fraction of sp³-hybridized carbons (Fsp3) is 0.176. The van der Waals surface area contributed by atoms with E-state index in [0.717, 1.165) is 34.5 Å². The van der Waals surface area contributed by atoms with Crippen molar-refractivity contribution in [2.24, 2.45) is 21.8 Å². The molecule has 0 heterocycles. The molecule has 4 aromatic rings. The molecular formula is C34H32N2. The third kappa shape index (κ3) is 6.90. The zero-order valence-corrected chi connectivity index (χ0v) is 21.2. The molecule has 0 aliphatic heterocycles. The Hall–Kier alpha value is -4.22. The van der Waals surface area contributed by atoms with Gasteiger partial charge in [0.25, 0.3) is 0 Å². The zero-order chi connectivity index (χ0) is 25.2. The molecule has 0 bridgehead atoms. The molecule has 0 radical (unpaired) electrons. The molecule has 0 aliphatic rings. The van der Waals surface area contributed by atoms with E-state index in [4.69, 9.17) is 0 Å². The predicted molar refractivity (Wildman–Crippen MR) is 154 cm³/mol. The first kappa shape index (κ1) is 24.9. The van der Waals surface area contributed by atoms with E-state index in [1.165, 1.54) is 11.1 Å². The van der Waals surface area contributed by atoms with Crippen molar-refractivity contribution in [3.05, 3.63) is 138 Å². The molecule has 2 nitrogen and oxygen atoms in total.